The molecule has 2 aromatic carbocycles. The number of nitrogens with zero attached hydrogens (tertiary/aromatic N) is 2. The predicted molar refractivity (Wildman–Crippen MR) is 145 cm³/mol. The van der Waals surface area contributed by atoms with Crippen molar-refractivity contribution in [2.75, 3.05) is 30.9 Å². The number of para-hydroxylation sites is 1. The molecule has 0 saturated carbocycles. The molecule has 200 valence electrons. The number of nitrogens with one attached hydrogen (secondary N) is 1. The van der Waals surface area contributed by atoms with Crippen molar-refractivity contribution in [1.29, 1.82) is 0 Å². The Labute approximate surface area is 225 Å². The van der Waals surface area contributed by atoms with E-state index in [1.54, 1.807) is 43.5 Å². The first kappa shape index (κ1) is 27.1. The number of rotatable bonds is 10. The van der Waals surface area contributed by atoms with Gasteiger partial charge in [0.15, 0.2) is 5.69 Å². The van der Waals surface area contributed by atoms with Gasteiger partial charge in [0.25, 0.3) is 11.8 Å². The smallest absolute Gasteiger partial charge is 0.273 e. The van der Waals surface area contributed by atoms with E-state index < -0.39 is 17.9 Å². The van der Waals surface area contributed by atoms with Crippen LogP contribution in [0.4, 0.5) is 11.4 Å². The van der Waals surface area contributed by atoms with E-state index in [0.29, 0.717) is 36.6 Å². The quantitative estimate of drug-likeness (QED) is 0.360. The standard InChI is InChI=1S/C27H31N5O5S/c1-3-16-7-4-5-9-20(16)32(27(35)24-21(28)22(25(29)33)31-38-24)23(17-10-12-18(36-2)13-11-17)26(34)30-15-19-8-6-14-37-19/h4-5,7,9-13,19,23H,3,6,8,14-15,28H2,1-2H3,(H2,29,33)(H,30,34). The molecule has 5 N–H and O–H groups in total. The van der Waals surface area contributed by atoms with Gasteiger partial charge in [0, 0.05) is 18.8 Å². The van der Waals surface area contributed by atoms with Crippen LogP contribution in [0.25, 0.3) is 0 Å². The van der Waals surface area contributed by atoms with E-state index in [2.05, 4.69) is 9.69 Å². The van der Waals surface area contributed by atoms with Gasteiger partial charge in [-0.1, -0.05) is 37.3 Å². The molecule has 11 heteroatoms. The lowest BCUT2D eigenvalue weighted by Gasteiger charge is -2.33. The van der Waals surface area contributed by atoms with E-state index in [1.165, 1.54) is 4.90 Å². The molecule has 3 amide bonds. The van der Waals surface area contributed by atoms with E-state index >= 15 is 0 Å². The van der Waals surface area contributed by atoms with Crippen LogP contribution >= 0.6 is 11.5 Å². The van der Waals surface area contributed by atoms with Crippen molar-refractivity contribution in [2.24, 2.45) is 5.73 Å². The summed E-state index contributed by atoms with van der Waals surface area (Å²) in [4.78, 5) is 41.3. The number of amides is 3. The van der Waals surface area contributed by atoms with Crippen molar-refractivity contribution in [3.05, 3.63) is 70.2 Å². The lowest BCUT2D eigenvalue weighted by molar-refractivity contribution is -0.123. The summed E-state index contributed by atoms with van der Waals surface area (Å²) in [6.45, 7) is 2.94. The molecule has 2 unspecified atom stereocenters. The molecule has 0 bridgehead atoms. The zero-order chi connectivity index (χ0) is 27.2. The largest absolute Gasteiger partial charge is 0.497 e. The lowest BCUT2D eigenvalue weighted by atomic mass is 10.00. The second-order valence-electron chi connectivity index (χ2n) is 8.85. The van der Waals surface area contributed by atoms with Gasteiger partial charge in [0.2, 0.25) is 5.91 Å². The molecular weight excluding hydrogens is 506 g/mol. The number of primary amides is 1. The maximum absolute atomic E-state index is 14.2. The summed E-state index contributed by atoms with van der Waals surface area (Å²) in [5.74, 6) is -1.18. The Morgan fingerprint density at radius 3 is 2.55 bits per heavy atom. The van der Waals surface area contributed by atoms with Crippen LogP contribution in [0.5, 0.6) is 5.75 Å². The van der Waals surface area contributed by atoms with Gasteiger partial charge in [-0.05, 0) is 60.1 Å². The number of aromatic nitrogens is 1. The molecule has 0 spiro atoms. The number of ether oxygens (including phenoxy) is 2. The summed E-state index contributed by atoms with van der Waals surface area (Å²) in [6.07, 6.45) is 2.31. The van der Waals surface area contributed by atoms with Gasteiger partial charge in [0.1, 0.15) is 16.7 Å². The number of aryl methyl sites for hydroxylation is 1. The molecule has 2 heterocycles. The minimum Gasteiger partial charge on any atom is -0.497 e. The number of hydrogen-bond donors (Lipinski definition) is 3. The van der Waals surface area contributed by atoms with E-state index in [9.17, 15) is 14.4 Å². The van der Waals surface area contributed by atoms with Gasteiger partial charge < -0.3 is 26.3 Å². The van der Waals surface area contributed by atoms with Crippen LogP contribution in [0, 0.1) is 0 Å². The van der Waals surface area contributed by atoms with Crippen LogP contribution in [-0.4, -0.2) is 48.5 Å². The number of hydrogen-bond acceptors (Lipinski definition) is 8. The number of anilines is 2. The molecule has 3 aromatic rings. The lowest BCUT2D eigenvalue weighted by Crippen LogP contribution is -2.46. The third-order valence-corrected chi connectivity index (χ3v) is 7.32. The van der Waals surface area contributed by atoms with Crippen LogP contribution in [0.1, 0.15) is 57.1 Å². The molecule has 1 fully saturated rings. The summed E-state index contributed by atoms with van der Waals surface area (Å²) in [5, 5.41) is 2.98. The highest BCUT2D eigenvalue weighted by Crippen LogP contribution is 2.35. The van der Waals surface area contributed by atoms with Crippen molar-refractivity contribution in [1.82, 2.24) is 9.69 Å². The highest BCUT2D eigenvalue weighted by atomic mass is 32.1. The van der Waals surface area contributed by atoms with E-state index in [0.717, 1.165) is 29.9 Å². The van der Waals surface area contributed by atoms with E-state index in [1.807, 2.05) is 19.1 Å². The summed E-state index contributed by atoms with van der Waals surface area (Å²) < 4.78 is 15.0. The average molecular weight is 538 g/mol. The second-order valence-corrected chi connectivity index (χ2v) is 9.62. The summed E-state index contributed by atoms with van der Waals surface area (Å²) >= 11 is 0.774. The van der Waals surface area contributed by atoms with Gasteiger partial charge in [-0.3, -0.25) is 19.3 Å². The maximum atomic E-state index is 14.2. The second kappa shape index (κ2) is 12.1. The predicted octanol–water partition coefficient (Wildman–Crippen LogP) is 3.08. The van der Waals surface area contributed by atoms with Gasteiger partial charge in [-0.25, -0.2) is 0 Å². The maximum Gasteiger partial charge on any atom is 0.273 e. The van der Waals surface area contributed by atoms with Gasteiger partial charge in [-0.2, -0.15) is 4.37 Å². The SMILES string of the molecule is CCc1ccccc1N(C(=O)c1snc(C(N)=O)c1N)C(C(=O)NCC1CCCO1)c1ccc(OC)cc1. The molecule has 4 rings (SSSR count). The number of carbonyl (C=O) groups is 3. The highest BCUT2D eigenvalue weighted by molar-refractivity contribution is 7.09. The topological polar surface area (TPSA) is 150 Å². The van der Waals surface area contributed by atoms with Gasteiger partial charge >= 0.3 is 0 Å². The Balaban J connectivity index is 1.84. The van der Waals surface area contributed by atoms with Crippen LogP contribution < -0.4 is 26.4 Å². The Morgan fingerprint density at radius 2 is 1.95 bits per heavy atom. The van der Waals surface area contributed by atoms with E-state index in [4.69, 9.17) is 20.9 Å². The molecule has 1 aliphatic rings. The number of carbonyl (C=O) groups excluding carboxylic acids is 3. The molecule has 1 saturated heterocycles. The zero-order valence-corrected chi connectivity index (χ0v) is 22.1. The van der Waals surface area contributed by atoms with Crippen LogP contribution in [0.2, 0.25) is 0 Å². The Hall–Kier alpha value is -3.96. The normalized spacial score (nSPS) is 15.6. The molecule has 0 aliphatic carbocycles. The van der Waals surface area contributed by atoms with Crippen LogP contribution in [0.3, 0.4) is 0 Å². The van der Waals surface area contributed by atoms with Gasteiger partial charge in [-0.15, -0.1) is 0 Å². The molecule has 0 radical (unpaired) electrons. The summed E-state index contributed by atoms with van der Waals surface area (Å²) in [5.41, 5.74) is 13.2. The average Bonchev–Trinajstić information content (AvgIpc) is 3.60. The van der Waals surface area contributed by atoms with Crippen molar-refractivity contribution in [2.45, 2.75) is 38.3 Å². The fraction of sp³-hybridized carbons (Fsp3) is 0.333. The Bertz CT molecular complexity index is 1300. The van der Waals surface area contributed by atoms with E-state index in [-0.39, 0.29) is 28.3 Å². The minimum atomic E-state index is -1.07. The fourth-order valence-electron chi connectivity index (χ4n) is 4.47. The number of nitrogen functional groups attached to an aromatic ring is 1. The minimum absolute atomic E-state index is 0.0233. The molecule has 38 heavy (non-hydrogen) atoms. The van der Waals surface area contributed by atoms with Crippen molar-refractivity contribution in [3.63, 3.8) is 0 Å². The monoisotopic (exact) mass is 537 g/mol. The third-order valence-electron chi connectivity index (χ3n) is 6.47. The van der Waals surface area contributed by atoms with Gasteiger partial charge in [0.05, 0.1) is 18.9 Å². The molecule has 1 aliphatic heterocycles. The van der Waals surface area contributed by atoms with Crippen LogP contribution in [0.15, 0.2) is 48.5 Å². The third kappa shape index (κ3) is 5.63. The Morgan fingerprint density at radius 1 is 1.21 bits per heavy atom. The molecular formula is C27H31N5O5S. The number of methoxy groups -OCH3 is 1. The van der Waals surface area contributed by atoms with Crippen molar-refractivity contribution in [3.8, 4) is 5.75 Å². The van der Waals surface area contributed by atoms with Crippen LogP contribution in [-0.2, 0) is 16.0 Å². The highest BCUT2D eigenvalue weighted by Gasteiger charge is 2.37. The fourth-order valence-corrected chi connectivity index (χ4v) is 5.21. The summed E-state index contributed by atoms with van der Waals surface area (Å²) in [6, 6.07) is 13.2. The Kier molecular flexibility index (Phi) is 8.59. The first-order valence-corrected chi connectivity index (χ1v) is 13.1. The molecule has 10 nitrogen and oxygen atoms in total. The van der Waals surface area contributed by atoms with Crippen molar-refractivity contribution < 1.29 is 23.9 Å². The first-order valence-electron chi connectivity index (χ1n) is 12.3. The molecule has 1 aromatic heterocycles. The first-order chi connectivity index (χ1) is 18.3. The number of nitrogens with two attached hydrogens (primary N) is 2. The zero-order valence-electron chi connectivity index (χ0n) is 21.3. The molecule has 2 atom stereocenters. The number of benzene rings is 2. The van der Waals surface area contributed by atoms with Crippen molar-refractivity contribution >= 4 is 40.6 Å². The summed E-state index contributed by atoms with van der Waals surface area (Å²) in [7, 11) is 1.55.